The second-order valence-electron chi connectivity index (χ2n) is 4.23. The zero-order chi connectivity index (χ0) is 15.6. The number of rotatable bonds is 3. The second kappa shape index (κ2) is 5.61. The first kappa shape index (κ1) is 14.5. The van der Waals surface area contributed by atoms with Crippen molar-refractivity contribution in [3.63, 3.8) is 0 Å². The molecule has 3 N–H and O–H groups in total. The van der Waals surface area contributed by atoms with Crippen LogP contribution in [0.25, 0.3) is 11.1 Å². The molecule has 1 aromatic heterocycles. The molecule has 1 heterocycles. The third-order valence-electron chi connectivity index (χ3n) is 2.87. The number of likely N-dealkylation sites (N-methyl/N-ethyl adjacent to an activating group) is 1. The smallest absolute Gasteiger partial charge is 0.331 e. The normalized spacial score (nSPS) is 10.4. The van der Waals surface area contributed by atoms with Crippen LogP contribution in [-0.4, -0.2) is 27.6 Å². The van der Waals surface area contributed by atoms with Gasteiger partial charge in [0, 0.05) is 7.05 Å². The number of aromatic amines is 1. The molecule has 2 rings (SSSR count). The molecule has 0 bridgehead atoms. The van der Waals surface area contributed by atoms with Crippen LogP contribution in [0.1, 0.15) is 0 Å². The number of benzene rings is 1. The molecule has 8 heteroatoms. The van der Waals surface area contributed by atoms with Crippen LogP contribution >= 0.6 is 0 Å². The molecule has 7 nitrogen and oxygen atoms in total. The number of aromatic nitrogens is 2. The zero-order valence-corrected chi connectivity index (χ0v) is 11.0. The summed E-state index contributed by atoms with van der Waals surface area (Å²) in [6, 6.07) is 4.98. The van der Waals surface area contributed by atoms with Gasteiger partial charge in [-0.2, -0.15) is 0 Å². The first-order valence-electron chi connectivity index (χ1n) is 5.96. The predicted octanol–water partition coefficient (Wildman–Crippen LogP) is -0.206. The average Bonchev–Trinajstić information content (AvgIpc) is 2.43. The SMILES string of the molecule is CNC(=O)Cn1c(O)c(-c2cccc(F)c2)c(=O)[nH]c1=O. The lowest BCUT2D eigenvalue weighted by atomic mass is 10.1. The van der Waals surface area contributed by atoms with Crippen molar-refractivity contribution in [1.82, 2.24) is 14.9 Å². The molecule has 0 atom stereocenters. The maximum atomic E-state index is 13.2. The molecule has 0 saturated heterocycles. The Kier molecular flexibility index (Phi) is 3.88. The maximum Gasteiger partial charge on any atom is 0.331 e. The molecule has 0 saturated carbocycles. The number of hydrogen-bond acceptors (Lipinski definition) is 4. The lowest BCUT2D eigenvalue weighted by molar-refractivity contribution is -0.121. The fourth-order valence-electron chi connectivity index (χ4n) is 1.83. The molecular weight excluding hydrogens is 281 g/mol. The van der Waals surface area contributed by atoms with Gasteiger partial charge in [0.15, 0.2) is 0 Å². The number of amides is 1. The van der Waals surface area contributed by atoms with Crippen LogP contribution in [0.15, 0.2) is 33.9 Å². The number of aromatic hydroxyl groups is 1. The minimum absolute atomic E-state index is 0.0967. The van der Waals surface area contributed by atoms with E-state index >= 15 is 0 Å². The number of nitrogens with one attached hydrogen (secondary N) is 2. The van der Waals surface area contributed by atoms with Crippen molar-refractivity contribution in [2.45, 2.75) is 6.54 Å². The topological polar surface area (TPSA) is 104 Å². The number of nitrogens with zero attached hydrogens (tertiary/aromatic N) is 1. The summed E-state index contributed by atoms with van der Waals surface area (Å²) in [5, 5.41) is 12.4. The Morgan fingerprint density at radius 2 is 2.14 bits per heavy atom. The number of carbonyl (C=O) groups excluding carboxylic acids is 1. The van der Waals surface area contributed by atoms with E-state index in [1.165, 1.54) is 25.2 Å². The van der Waals surface area contributed by atoms with Crippen LogP contribution in [0.3, 0.4) is 0 Å². The van der Waals surface area contributed by atoms with E-state index < -0.39 is 35.4 Å². The highest BCUT2D eigenvalue weighted by atomic mass is 19.1. The summed E-state index contributed by atoms with van der Waals surface area (Å²) in [5.41, 5.74) is -1.98. The van der Waals surface area contributed by atoms with Crippen molar-refractivity contribution in [3.8, 4) is 17.0 Å². The van der Waals surface area contributed by atoms with Crippen LogP contribution in [0.4, 0.5) is 4.39 Å². The highest BCUT2D eigenvalue weighted by Gasteiger charge is 2.17. The lowest BCUT2D eigenvalue weighted by Crippen LogP contribution is -2.35. The van der Waals surface area contributed by atoms with Gasteiger partial charge in [-0.25, -0.2) is 9.18 Å². The van der Waals surface area contributed by atoms with E-state index in [1.54, 1.807) is 0 Å². The van der Waals surface area contributed by atoms with E-state index in [0.29, 0.717) is 4.57 Å². The Morgan fingerprint density at radius 1 is 1.43 bits per heavy atom. The van der Waals surface area contributed by atoms with Crippen molar-refractivity contribution < 1.29 is 14.3 Å². The molecule has 0 aliphatic heterocycles. The van der Waals surface area contributed by atoms with Crippen LogP contribution in [0.5, 0.6) is 5.88 Å². The van der Waals surface area contributed by atoms with Crippen molar-refractivity contribution >= 4 is 5.91 Å². The lowest BCUT2D eigenvalue weighted by Gasteiger charge is -2.10. The average molecular weight is 293 g/mol. The van der Waals surface area contributed by atoms with E-state index in [4.69, 9.17) is 0 Å². The number of H-pyrrole nitrogens is 1. The Hall–Kier alpha value is -2.90. The summed E-state index contributed by atoms with van der Waals surface area (Å²) in [6.45, 7) is -0.472. The minimum Gasteiger partial charge on any atom is -0.494 e. The summed E-state index contributed by atoms with van der Waals surface area (Å²) in [5.74, 6) is -1.84. The maximum absolute atomic E-state index is 13.2. The molecule has 0 spiro atoms. The molecule has 0 aliphatic carbocycles. The fraction of sp³-hybridized carbons (Fsp3) is 0.154. The Balaban J connectivity index is 2.67. The number of carbonyl (C=O) groups is 1. The molecule has 110 valence electrons. The van der Waals surface area contributed by atoms with Crippen LogP contribution in [0.2, 0.25) is 0 Å². The monoisotopic (exact) mass is 293 g/mol. The molecule has 21 heavy (non-hydrogen) atoms. The molecule has 0 unspecified atom stereocenters. The summed E-state index contributed by atoms with van der Waals surface area (Å²) in [4.78, 5) is 36.8. The summed E-state index contributed by atoms with van der Waals surface area (Å²) in [6.07, 6.45) is 0. The van der Waals surface area contributed by atoms with Crippen LogP contribution < -0.4 is 16.6 Å². The largest absolute Gasteiger partial charge is 0.494 e. The van der Waals surface area contributed by atoms with E-state index in [9.17, 15) is 23.9 Å². The molecule has 0 fully saturated rings. The van der Waals surface area contributed by atoms with Gasteiger partial charge in [-0.05, 0) is 17.7 Å². The molecule has 1 aromatic carbocycles. The second-order valence-corrected chi connectivity index (χ2v) is 4.23. The molecule has 0 aliphatic rings. The van der Waals surface area contributed by atoms with Crippen molar-refractivity contribution in [2.24, 2.45) is 0 Å². The summed E-state index contributed by atoms with van der Waals surface area (Å²) >= 11 is 0. The van der Waals surface area contributed by atoms with Gasteiger partial charge in [-0.15, -0.1) is 0 Å². The van der Waals surface area contributed by atoms with Crippen molar-refractivity contribution in [3.05, 3.63) is 50.9 Å². The summed E-state index contributed by atoms with van der Waals surface area (Å²) < 4.78 is 13.9. The predicted molar refractivity (Wildman–Crippen MR) is 72.4 cm³/mol. The summed E-state index contributed by atoms with van der Waals surface area (Å²) in [7, 11) is 1.36. The Bertz CT molecular complexity index is 810. The van der Waals surface area contributed by atoms with Gasteiger partial charge < -0.3 is 10.4 Å². The van der Waals surface area contributed by atoms with Gasteiger partial charge in [0.1, 0.15) is 17.9 Å². The highest BCUT2D eigenvalue weighted by Crippen LogP contribution is 2.24. The van der Waals surface area contributed by atoms with Crippen molar-refractivity contribution in [2.75, 3.05) is 7.05 Å². The molecule has 1 amide bonds. The Labute approximate surface area is 117 Å². The van der Waals surface area contributed by atoms with Gasteiger partial charge >= 0.3 is 5.69 Å². The standard InChI is InChI=1S/C13H12FN3O4/c1-15-9(18)6-17-12(20)10(11(19)16-13(17)21)7-3-2-4-8(14)5-7/h2-5,20H,6H2,1H3,(H,15,18)(H,16,19,21). The Morgan fingerprint density at radius 3 is 2.76 bits per heavy atom. The molecule has 2 aromatic rings. The molecular formula is C13H12FN3O4. The number of halogens is 1. The van der Waals surface area contributed by atoms with E-state index in [-0.39, 0.29) is 11.1 Å². The molecule has 0 radical (unpaired) electrons. The first-order valence-corrected chi connectivity index (χ1v) is 5.96. The third-order valence-corrected chi connectivity index (χ3v) is 2.87. The zero-order valence-electron chi connectivity index (χ0n) is 11.0. The van der Waals surface area contributed by atoms with E-state index in [0.717, 1.165) is 6.07 Å². The van der Waals surface area contributed by atoms with Gasteiger partial charge in [0.25, 0.3) is 5.56 Å². The van der Waals surface area contributed by atoms with Gasteiger partial charge in [-0.3, -0.25) is 19.1 Å². The van der Waals surface area contributed by atoms with Crippen LogP contribution in [-0.2, 0) is 11.3 Å². The van der Waals surface area contributed by atoms with E-state index in [1.807, 2.05) is 4.98 Å². The first-order chi connectivity index (χ1) is 9.93. The van der Waals surface area contributed by atoms with Gasteiger partial charge in [0.2, 0.25) is 11.8 Å². The fourth-order valence-corrected chi connectivity index (χ4v) is 1.83. The third kappa shape index (κ3) is 2.83. The van der Waals surface area contributed by atoms with Crippen LogP contribution in [0, 0.1) is 5.82 Å². The minimum atomic E-state index is -0.929. The van der Waals surface area contributed by atoms with Gasteiger partial charge in [0.05, 0.1) is 0 Å². The van der Waals surface area contributed by atoms with Crippen molar-refractivity contribution in [1.29, 1.82) is 0 Å². The number of hydrogen-bond donors (Lipinski definition) is 3. The highest BCUT2D eigenvalue weighted by molar-refractivity contribution is 5.76. The van der Waals surface area contributed by atoms with E-state index in [2.05, 4.69) is 5.32 Å². The van der Waals surface area contributed by atoms with Gasteiger partial charge in [-0.1, -0.05) is 12.1 Å². The quantitative estimate of drug-likeness (QED) is 0.728.